The zero-order valence-electron chi connectivity index (χ0n) is 10.4. The van der Waals surface area contributed by atoms with Crippen LogP contribution in [0.2, 0.25) is 0 Å². The molecule has 2 aromatic rings. The zero-order valence-corrected chi connectivity index (χ0v) is 12.8. The Morgan fingerprint density at radius 2 is 1.86 bits per heavy atom. The summed E-state index contributed by atoms with van der Waals surface area (Å²) >= 11 is 8.08. The van der Waals surface area contributed by atoms with Crippen LogP contribution in [0.15, 0.2) is 46.9 Å². The van der Waals surface area contributed by atoms with E-state index in [1.807, 2.05) is 0 Å². The summed E-state index contributed by atoms with van der Waals surface area (Å²) in [4.78, 5) is -0.161. The Kier molecular flexibility index (Phi) is 4.53. The molecule has 0 bridgehead atoms. The van der Waals surface area contributed by atoms with Gasteiger partial charge in [-0.1, -0.05) is 34.2 Å². The first-order chi connectivity index (χ1) is 9.77. The molecule has 0 unspecified atom stereocenters. The van der Waals surface area contributed by atoms with Gasteiger partial charge in [0, 0.05) is 4.47 Å². The average Bonchev–Trinajstić information content (AvgIpc) is 2.37. The molecule has 2 rings (SSSR count). The van der Waals surface area contributed by atoms with Gasteiger partial charge in [0.25, 0.3) is 0 Å². The number of nitrogens with two attached hydrogens (primary N) is 1. The normalized spacial score (nSPS) is 11.2. The molecule has 0 heterocycles. The summed E-state index contributed by atoms with van der Waals surface area (Å²) in [6, 6.07) is 9.91. The lowest BCUT2D eigenvalue weighted by Crippen LogP contribution is -2.13. The first-order valence-electron chi connectivity index (χ1n) is 5.72. The Bertz CT molecular complexity index is 688. The summed E-state index contributed by atoms with van der Waals surface area (Å²) in [5, 5.41) is 0. The number of rotatable bonds is 3. The molecule has 0 aromatic heterocycles. The van der Waals surface area contributed by atoms with Gasteiger partial charge in [-0.05, 0) is 36.4 Å². The van der Waals surface area contributed by atoms with Crippen LogP contribution >= 0.6 is 28.1 Å². The fourth-order valence-electron chi connectivity index (χ4n) is 1.65. The molecule has 0 aliphatic carbocycles. The predicted octanol–water partition coefficient (Wildman–Crippen LogP) is 4.89. The van der Waals surface area contributed by atoms with E-state index in [-0.39, 0.29) is 16.3 Å². The van der Waals surface area contributed by atoms with E-state index in [2.05, 4.69) is 15.9 Å². The van der Waals surface area contributed by atoms with Crippen LogP contribution in [-0.4, -0.2) is 4.99 Å². The Morgan fingerprint density at radius 1 is 1.14 bits per heavy atom. The third kappa shape index (κ3) is 3.95. The van der Waals surface area contributed by atoms with Crippen molar-refractivity contribution in [2.45, 2.75) is 6.18 Å². The number of alkyl halides is 3. The van der Waals surface area contributed by atoms with Gasteiger partial charge in [0.05, 0.1) is 11.1 Å². The number of hydrogen-bond donors (Lipinski definition) is 1. The summed E-state index contributed by atoms with van der Waals surface area (Å²) in [6.07, 6.45) is -4.46. The molecule has 2 nitrogen and oxygen atoms in total. The van der Waals surface area contributed by atoms with E-state index in [1.54, 1.807) is 24.3 Å². The predicted molar refractivity (Wildman–Crippen MR) is 81.5 cm³/mol. The quantitative estimate of drug-likeness (QED) is 0.775. The van der Waals surface area contributed by atoms with Crippen molar-refractivity contribution in [1.82, 2.24) is 0 Å². The highest BCUT2D eigenvalue weighted by molar-refractivity contribution is 9.10. The van der Waals surface area contributed by atoms with Crippen molar-refractivity contribution in [3.05, 3.63) is 58.1 Å². The van der Waals surface area contributed by atoms with Crippen LogP contribution in [-0.2, 0) is 6.18 Å². The molecule has 0 aliphatic heterocycles. The minimum absolute atomic E-state index is 0.0415. The summed E-state index contributed by atoms with van der Waals surface area (Å²) in [6.45, 7) is 0. The van der Waals surface area contributed by atoms with E-state index in [9.17, 15) is 13.2 Å². The van der Waals surface area contributed by atoms with E-state index in [1.165, 1.54) is 6.07 Å². The van der Waals surface area contributed by atoms with E-state index >= 15 is 0 Å². The molecule has 0 spiro atoms. The molecule has 110 valence electrons. The van der Waals surface area contributed by atoms with Crippen molar-refractivity contribution in [2.75, 3.05) is 0 Å². The minimum Gasteiger partial charge on any atom is -0.457 e. The molecular weight excluding hydrogens is 367 g/mol. The summed E-state index contributed by atoms with van der Waals surface area (Å²) in [7, 11) is 0. The Hall–Kier alpha value is -1.60. The number of halogens is 4. The monoisotopic (exact) mass is 375 g/mol. The van der Waals surface area contributed by atoms with E-state index in [4.69, 9.17) is 22.7 Å². The topological polar surface area (TPSA) is 35.2 Å². The first-order valence-corrected chi connectivity index (χ1v) is 6.92. The zero-order chi connectivity index (χ0) is 15.6. The maximum absolute atomic E-state index is 12.7. The van der Waals surface area contributed by atoms with Gasteiger partial charge in [-0.15, -0.1) is 0 Å². The maximum atomic E-state index is 12.7. The molecule has 0 fully saturated rings. The van der Waals surface area contributed by atoms with E-state index in [0.29, 0.717) is 5.75 Å². The van der Waals surface area contributed by atoms with Crippen molar-refractivity contribution in [1.29, 1.82) is 0 Å². The lowest BCUT2D eigenvalue weighted by Gasteiger charge is -2.13. The van der Waals surface area contributed by atoms with Crippen LogP contribution in [0, 0.1) is 0 Å². The number of hydrogen-bond acceptors (Lipinski definition) is 2. The Labute approximate surface area is 132 Å². The molecule has 0 atom stereocenters. The van der Waals surface area contributed by atoms with Crippen molar-refractivity contribution < 1.29 is 17.9 Å². The van der Waals surface area contributed by atoms with Crippen molar-refractivity contribution >= 4 is 33.1 Å². The molecule has 0 amide bonds. The fourth-order valence-corrected chi connectivity index (χ4v) is 2.18. The molecule has 7 heteroatoms. The highest BCUT2D eigenvalue weighted by Crippen LogP contribution is 2.34. The number of benzene rings is 2. The second-order valence-corrected chi connectivity index (χ2v) is 5.49. The van der Waals surface area contributed by atoms with Crippen LogP contribution < -0.4 is 10.5 Å². The lowest BCUT2D eigenvalue weighted by molar-refractivity contribution is -0.137. The molecule has 2 N–H and O–H groups in total. The van der Waals surface area contributed by atoms with E-state index in [0.717, 1.165) is 16.6 Å². The van der Waals surface area contributed by atoms with Gasteiger partial charge in [0.15, 0.2) is 0 Å². The van der Waals surface area contributed by atoms with Crippen molar-refractivity contribution in [2.24, 2.45) is 5.73 Å². The smallest absolute Gasteiger partial charge is 0.416 e. The molecular formula is C14H9BrF3NOS. The van der Waals surface area contributed by atoms with Gasteiger partial charge >= 0.3 is 6.18 Å². The molecule has 0 saturated heterocycles. The van der Waals surface area contributed by atoms with E-state index < -0.39 is 11.7 Å². The summed E-state index contributed by atoms with van der Waals surface area (Å²) in [5.41, 5.74) is 4.70. The van der Waals surface area contributed by atoms with Crippen LogP contribution in [0.3, 0.4) is 0 Å². The van der Waals surface area contributed by atoms with Crippen LogP contribution in [0.4, 0.5) is 13.2 Å². The maximum Gasteiger partial charge on any atom is 0.416 e. The summed E-state index contributed by atoms with van der Waals surface area (Å²) < 4.78 is 44.5. The molecule has 0 aliphatic rings. The second-order valence-electron chi connectivity index (χ2n) is 4.13. The van der Waals surface area contributed by atoms with Crippen molar-refractivity contribution in [3.63, 3.8) is 0 Å². The minimum atomic E-state index is -4.46. The highest BCUT2D eigenvalue weighted by atomic mass is 79.9. The third-order valence-electron chi connectivity index (χ3n) is 2.60. The first kappa shape index (κ1) is 15.8. The SMILES string of the molecule is NC(=S)c1cc(C(F)(F)F)ccc1Oc1cccc(Br)c1. The van der Waals surface area contributed by atoms with Gasteiger partial charge in [-0.2, -0.15) is 13.2 Å². The fraction of sp³-hybridized carbons (Fsp3) is 0.0714. The van der Waals surface area contributed by atoms with Crippen molar-refractivity contribution in [3.8, 4) is 11.5 Å². The van der Waals surface area contributed by atoms with Gasteiger partial charge < -0.3 is 10.5 Å². The molecule has 0 saturated carbocycles. The molecule has 21 heavy (non-hydrogen) atoms. The van der Waals surface area contributed by atoms with Gasteiger partial charge in [-0.25, -0.2) is 0 Å². The Balaban J connectivity index is 2.42. The molecule has 0 radical (unpaired) electrons. The highest BCUT2D eigenvalue weighted by Gasteiger charge is 2.31. The second kappa shape index (κ2) is 6.03. The van der Waals surface area contributed by atoms with Crippen LogP contribution in [0.25, 0.3) is 0 Å². The average molecular weight is 376 g/mol. The number of thiocarbonyl (C=S) groups is 1. The van der Waals surface area contributed by atoms with Gasteiger partial charge in [-0.3, -0.25) is 0 Å². The standard InChI is InChI=1S/C14H9BrF3NOS/c15-9-2-1-3-10(7-9)20-12-5-4-8(14(16,17)18)6-11(12)13(19)21/h1-7H,(H2,19,21). The number of ether oxygens (including phenoxy) is 1. The van der Waals surface area contributed by atoms with Gasteiger partial charge in [0.1, 0.15) is 16.5 Å². The molecule has 2 aromatic carbocycles. The Morgan fingerprint density at radius 3 is 2.43 bits per heavy atom. The van der Waals surface area contributed by atoms with Crippen LogP contribution in [0.5, 0.6) is 11.5 Å². The summed E-state index contributed by atoms with van der Waals surface area (Å²) in [5.74, 6) is 0.634. The largest absolute Gasteiger partial charge is 0.457 e. The van der Waals surface area contributed by atoms with Gasteiger partial charge in [0.2, 0.25) is 0 Å². The lowest BCUT2D eigenvalue weighted by atomic mass is 10.1. The van der Waals surface area contributed by atoms with Crippen LogP contribution in [0.1, 0.15) is 11.1 Å². The third-order valence-corrected chi connectivity index (χ3v) is 3.31.